The molecule has 18 heavy (non-hydrogen) atoms. The Morgan fingerprint density at radius 2 is 2.00 bits per heavy atom. The first-order valence-electron chi connectivity index (χ1n) is 7.17. The molecule has 0 radical (unpaired) electrons. The van der Waals surface area contributed by atoms with Crippen molar-refractivity contribution in [1.29, 1.82) is 0 Å². The fraction of sp³-hybridized carbons (Fsp3) is 0.857. The van der Waals surface area contributed by atoms with E-state index in [-0.39, 0.29) is 0 Å². The van der Waals surface area contributed by atoms with Gasteiger partial charge in [-0.2, -0.15) is 4.98 Å². The van der Waals surface area contributed by atoms with Crippen LogP contribution in [0.2, 0.25) is 0 Å². The Labute approximate surface area is 110 Å². The summed E-state index contributed by atoms with van der Waals surface area (Å²) in [6, 6.07) is 0.694. The Balaban J connectivity index is 1.86. The number of aromatic nitrogens is 2. The van der Waals surface area contributed by atoms with Crippen molar-refractivity contribution < 1.29 is 4.52 Å². The Morgan fingerprint density at radius 3 is 2.67 bits per heavy atom. The summed E-state index contributed by atoms with van der Waals surface area (Å²) in [5.41, 5.74) is 0. The van der Waals surface area contributed by atoms with Gasteiger partial charge in [-0.25, -0.2) is 0 Å². The molecule has 102 valence electrons. The molecule has 0 saturated heterocycles. The first-order valence-corrected chi connectivity index (χ1v) is 7.17. The molecule has 1 aliphatic rings. The second-order valence-corrected chi connectivity index (χ2v) is 5.91. The van der Waals surface area contributed by atoms with Gasteiger partial charge in [0, 0.05) is 12.5 Å². The van der Waals surface area contributed by atoms with E-state index < -0.39 is 0 Å². The summed E-state index contributed by atoms with van der Waals surface area (Å²) in [4.78, 5) is 6.83. The van der Waals surface area contributed by atoms with Crippen LogP contribution >= 0.6 is 0 Å². The maximum Gasteiger partial charge on any atom is 0.240 e. The molecule has 0 N–H and O–H groups in total. The van der Waals surface area contributed by atoms with Crippen LogP contribution in [-0.2, 0) is 13.0 Å². The van der Waals surface area contributed by atoms with E-state index in [4.69, 9.17) is 4.52 Å². The summed E-state index contributed by atoms with van der Waals surface area (Å²) in [7, 11) is 2.17. The van der Waals surface area contributed by atoms with Crippen molar-refractivity contribution in [2.24, 2.45) is 5.92 Å². The topological polar surface area (TPSA) is 42.2 Å². The van der Waals surface area contributed by atoms with Crippen LogP contribution in [0, 0.1) is 5.92 Å². The van der Waals surface area contributed by atoms with Crippen molar-refractivity contribution in [3.8, 4) is 0 Å². The summed E-state index contributed by atoms with van der Waals surface area (Å²) < 4.78 is 5.32. The van der Waals surface area contributed by atoms with Gasteiger partial charge >= 0.3 is 0 Å². The van der Waals surface area contributed by atoms with Gasteiger partial charge in [0.15, 0.2) is 5.82 Å². The highest BCUT2D eigenvalue weighted by molar-refractivity contribution is 4.88. The number of rotatable bonds is 5. The molecular formula is C14H25N3O. The second-order valence-electron chi connectivity index (χ2n) is 5.91. The smallest absolute Gasteiger partial charge is 0.240 e. The van der Waals surface area contributed by atoms with Gasteiger partial charge in [0.05, 0.1) is 6.54 Å². The van der Waals surface area contributed by atoms with Crippen molar-refractivity contribution >= 4 is 0 Å². The number of hydrogen-bond donors (Lipinski definition) is 0. The molecule has 0 aliphatic heterocycles. The maximum absolute atomic E-state index is 5.32. The predicted octanol–water partition coefficient (Wildman–Crippen LogP) is 3.03. The van der Waals surface area contributed by atoms with Gasteiger partial charge in [0.2, 0.25) is 5.89 Å². The van der Waals surface area contributed by atoms with Gasteiger partial charge in [0.1, 0.15) is 0 Å². The lowest BCUT2D eigenvalue weighted by molar-refractivity contribution is 0.165. The van der Waals surface area contributed by atoms with Gasteiger partial charge < -0.3 is 4.52 Å². The molecule has 1 aromatic rings. The minimum absolute atomic E-state index is 0.575. The summed E-state index contributed by atoms with van der Waals surface area (Å²) in [6.45, 7) is 5.13. The summed E-state index contributed by atoms with van der Waals surface area (Å²) in [5.74, 6) is 2.18. The molecule has 0 unspecified atom stereocenters. The van der Waals surface area contributed by atoms with Gasteiger partial charge in [-0.3, -0.25) is 4.90 Å². The van der Waals surface area contributed by atoms with Crippen LogP contribution in [0.15, 0.2) is 4.52 Å². The Bertz CT molecular complexity index is 356. The lowest BCUT2D eigenvalue weighted by Crippen LogP contribution is -2.32. The zero-order chi connectivity index (χ0) is 13.0. The average molecular weight is 251 g/mol. The monoisotopic (exact) mass is 251 g/mol. The van der Waals surface area contributed by atoms with E-state index in [1.165, 1.54) is 32.1 Å². The first-order chi connectivity index (χ1) is 8.65. The second kappa shape index (κ2) is 6.32. The van der Waals surface area contributed by atoms with E-state index in [9.17, 15) is 0 Å². The van der Waals surface area contributed by atoms with E-state index in [1.807, 2.05) is 0 Å². The normalized spacial score (nSPS) is 17.8. The highest BCUT2D eigenvalue weighted by Crippen LogP contribution is 2.22. The van der Waals surface area contributed by atoms with Crippen LogP contribution in [0.1, 0.15) is 57.7 Å². The highest BCUT2D eigenvalue weighted by Gasteiger charge is 2.20. The largest absolute Gasteiger partial charge is 0.338 e. The van der Waals surface area contributed by atoms with E-state index in [2.05, 4.69) is 35.9 Å². The van der Waals surface area contributed by atoms with E-state index in [0.717, 1.165) is 24.7 Å². The van der Waals surface area contributed by atoms with E-state index in [0.29, 0.717) is 12.0 Å². The van der Waals surface area contributed by atoms with Crippen molar-refractivity contribution in [3.63, 3.8) is 0 Å². The standard InChI is InChI=1S/C14H25N3O/c1-11(2)9-13-15-14(18-16-13)10-17(3)12-7-5-4-6-8-12/h11-12H,4-10H2,1-3H3. The molecule has 0 aromatic carbocycles. The van der Waals surface area contributed by atoms with Crippen molar-refractivity contribution in [1.82, 2.24) is 15.0 Å². The maximum atomic E-state index is 5.32. The minimum atomic E-state index is 0.575. The third kappa shape index (κ3) is 3.80. The lowest BCUT2D eigenvalue weighted by Gasteiger charge is -2.29. The third-order valence-corrected chi connectivity index (χ3v) is 3.68. The van der Waals surface area contributed by atoms with Crippen LogP contribution < -0.4 is 0 Å². The highest BCUT2D eigenvalue weighted by atomic mass is 16.5. The number of hydrogen-bond acceptors (Lipinski definition) is 4. The van der Waals surface area contributed by atoms with Gasteiger partial charge in [0.25, 0.3) is 0 Å². The zero-order valence-corrected chi connectivity index (χ0v) is 11.9. The summed E-state index contributed by atoms with van der Waals surface area (Å²) >= 11 is 0. The molecule has 1 heterocycles. The Kier molecular flexibility index (Phi) is 4.75. The molecule has 4 nitrogen and oxygen atoms in total. The molecule has 0 bridgehead atoms. The van der Waals surface area contributed by atoms with Gasteiger partial charge in [-0.1, -0.05) is 38.3 Å². The van der Waals surface area contributed by atoms with E-state index >= 15 is 0 Å². The fourth-order valence-electron chi connectivity index (χ4n) is 2.67. The molecule has 2 rings (SSSR count). The van der Waals surface area contributed by atoms with Crippen LogP contribution in [0.3, 0.4) is 0 Å². The van der Waals surface area contributed by atoms with Gasteiger partial charge in [-0.15, -0.1) is 0 Å². The lowest BCUT2D eigenvalue weighted by atomic mass is 9.94. The predicted molar refractivity (Wildman–Crippen MR) is 71.2 cm³/mol. The first kappa shape index (κ1) is 13.5. The summed E-state index contributed by atoms with van der Waals surface area (Å²) in [5, 5.41) is 4.04. The average Bonchev–Trinajstić information content (AvgIpc) is 2.76. The summed E-state index contributed by atoms with van der Waals surface area (Å²) in [6.07, 6.45) is 7.63. The molecule has 1 fully saturated rings. The zero-order valence-electron chi connectivity index (χ0n) is 11.9. The Hall–Kier alpha value is -0.900. The Morgan fingerprint density at radius 1 is 1.28 bits per heavy atom. The molecule has 0 atom stereocenters. The third-order valence-electron chi connectivity index (χ3n) is 3.68. The number of nitrogens with zero attached hydrogens (tertiary/aromatic N) is 3. The molecule has 1 aliphatic carbocycles. The van der Waals surface area contributed by atoms with Crippen molar-refractivity contribution in [3.05, 3.63) is 11.7 Å². The van der Waals surface area contributed by atoms with Crippen LogP contribution in [0.5, 0.6) is 0 Å². The van der Waals surface area contributed by atoms with Crippen LogP contribution in [0.4, 0.5) is 0 Å². The molecule has 4 heteroatoms. The SMILES string of the molecule is CC(C)Cc1noc(CN(C)C2CCCCC2)n1. The van der Waals surface area contributed by atoms with Crippen LogP contribution in [-0.4, -0.2) is 28.1 Å². The quantitative estimate of drug-likeness (QED) is 0.806. The minimum Gasteiger partial charge on any atom is -0.338 e. The molecule has 1 saturated carbocycles. The molecular weight excluding hydrogens is 226 g/mol. The van der Waals surface area contributed by atoms with Crippen LogP contribution in [0.25, 0.3) is 0 Å². The molecule has 0 amide bonds. The van der Waals surface area contributed by atoms with E-state index in [1.54, 1.807) is 0 Å². The van der Waals surface area contributed by atoms with Crippen molar-refractivity contribution in [2.45, 2.75) is 65.0 Å². The fourth-order valence-corrected chi connectivity index (χ4v) is 2.67. The molecule has 1 aromatic heterocycles. The molecule has 0 spiro atoms. The van der Waals surface area contributed by atoms with Crippen molar-refractivity contribution in [2.75, 3.05) is 7.05 Å². The van der Waals surface area contributed by atoms with Gasteiger partial charge in [-0.05, 0) is 25.8 Å².